The Morgan fingerprint density at radius 2 is 2.25 bits per heavy atom. The summed E-state index contributed by atoms with van der Waals surface area (Å²) in [6.07, 6.45) is 3.78. The average molecular weight is 278 g/mol. The third-order valence-electron chi connectivity index (χ3n) is 4.57. The number of carbonyl (C=O) groups is 1. The molecule has 1 aliphatic rings. The maximum absolute atomic E-state index is 12.4. The predicted octanol–water partition coefficient (Wildman–Crippen LogP) is 1.56. The fourth-order valence-corrected chi connectivity index (χ4v) is 3.22. The molecule has 2 rings (SSSR count). The van der Waals surface area contributed by atoms with Gasteiger partial charge in [-0.1, -0.05) is 19.8 Å². The second kappa shape index (κ2) is 5.56. The third-order valence-corrected chi connectivity index (χ3v) is 4.57. The molecule has 0 aliphatic heterocycles. The summed E-state index contributed by atoms with van der Waals surface area (Å²) >= 11 is 0. The molecule has 3 N–H and O–H groups in total. The van der Waals surface area contributed by atoms with Crippen LogP contribution in [0, 0.1) is 19.8 Å². The smallest absolute Gasteiger partial charge is 0.240 e. The van der Waals surface area contributed by atoms with Gasteiger partial charge in [-0.25, -0.2) is 0 Å². The lowest BCUT2D eigenvalue weighted by Gasteiger charge is -2.35. The number of nitrogens with zero attached hydrogens (tertiary/aromatic N) is 2. The number of hydrogen-bond donors (Lipinski definition) is 2. The Bertz CT molecular complexity index is 508. The monoisotopic (exact) mass is 278 g/mol. The summed E-state index contributed by atoms with van der Waals surface area (Å²) in [4.78, 5) is 12.4. The second-order valence-corrected chi connectivity index (χ2v) is 6.31. The van der Waals surface area contributed by atoms with Crippen LogP contribution in [-0.2, 0) is 18.4 Å². The van der Waals surface area contributed by atoms with Crippen LogP contribution in [0.15, 0.2) is 0 Å². The summed E-state index contributed by atoms with van der Waals surface area (Å²) in [6.45, 7) is 6.67. The lowest BCUT2D eigenvalue weighted by atomic mass is 9.76. The number of carbonyl (C=O) groups excluding carboxylic acids is 1. The molecule has 1 aliphatic carbocycles. The molecule has 0 bridgehead atoms. The molecule has 112 valence electrons. The van der Waals surface area contributed by atoms with E-state index in [0.29, 0.717) is 12.5 Å². The van der Waals surface area contributed by atoms with Crippen molar-refractivity contribution in [1.29, 1.82) is 0 Å². The summed E-state index contributed by atoms with van der Waals surface area (Å²) in [7, 11) is 1.92. The van der Waals surface area contributed by atoms with Gasteiger partial charge in [-0.3, -0.25) is 9.48 Å². The Labute approximate surface area is 120 Å². The number of rotatable bonds is 3. The zero-order chi connectivity index (χ0) is 14.9. The van der Waals surface area contributed by atoms with Crippen LogP contribution in [0.5, 0.6) is 0 Å². The van der Waals surface area contributed by atoms with Crippen LogP contribution in [0.1, 0.15) is 49.6 Å². The fraction of sp³-hybridized carbons (Fsp3) is 0.733. The Morgan fingerprint density at radius 1 is 1.55 bits per heavy atom. The zero-order valence-corrected chi connectivity index (χ0v) is 13.0. The van der Waals surface area contributed by atoms with Crippen LogP contribution < -0.4 is 11.1 Å². The number of aromatic nitrogens is 2. The van der Waals surface area contributed by atoms with E-state index < -0.39 is 5.54 Å². The van der Waals surface area contributed by atoms with Crippen molar-refractivity contribution in [2.75, 3.05) is 0 Å². The SMILES string of the molecule is Cc1nn(C)c(C)c1CNC(=O)C1(N)CCCC(C)C1. The molecule has 1 amide bonds. The van der Waals surface area contributed by atoms with Crippen molar-refractivity contribution in [2.24, 2.45) is 18.7 Å². The Morgan fingerprint density at radius 3 is 2.80 bits per heavy atom. The molecule has 2 atom stereocenters. The average Bonchev–Trinajstić information content (AvgIpc) is 2.60. The number of amides is 1. The molecule has 1 aromatic rings. The molecule has 1 aromatic heterocycles. The van der Waals surface area contributed by atoms with Crippen LogP contribution in [0.3, 0.4) is 0 Å². The van der Waals surface area contributed by atoms with Gasteiger partial charge >= 0.3 is 0 Å². The molecule has 1 saturated carbocycles. The van der Waals surface area contributed by atoms with Gasteiger partial charge in [0.1, 0.15) is 0 Å². The van der Waals surface area contributed by atoms with Gasteiger partial charge in [0.25, 0.3) is 0 Å². The number of hydrogen-bond acceptors (Lipinski definition) is 3. The summed E-state index contributed by atoms with van der Waals surface area (Å²) in [5, 5.41) is 7.37. The predicted molar refractivity (Wildman–Crippen MR) is 79.1 cm³/mol. The van der Waals surface area contributed by atoms with E-state index in [2.05, 4.69) is 17.3 Å². The molecule has 1 fully saturated rings. The number of nitrogens with two attached hydrogens (primary N) is 1. The highest BCUT2D eigenvalue weighted by molar-refractivity contribution is 5.86. The van der Waals surface area contributed by atoms with E-state index >= 15 is 0 Å². The summed E-state index contributed by atoms with van der Waals surface area (Å²) < 4.78 is 1.84. The molecule has 1 heterocycles. The van der Waals surface area contributed by atoms with Crippen molar-refractivity contribution in [3.05, 3.63) is 17.0 Å². The first-order chi connectivity index (χ1) is 9.33. The molecule has 0 aromatic carbocycles. The molecule has 2 unspecified atom stereocenters. The third kappa shape index (κ3) is 2.87. The first-order valence-electron chi connectivity index (χ1n) is 7.40. The summed E-state index contributed by atoms with van der Waals surface area (Å²) in [5.74, 6) is 0.507. The standard InChI is InChI=1S/C15H26N4O/c1-10-6-5-7-15(16,8-10)14(20)17-9-13-11(2)18-19(4)12(13)3/h10H,5-9,16H2,1-4H3,(H,17,20). The molecule has 20 heavy (non-hydrogen) atoms. The quantitative estimate of drug-likeness (QED) is 0.881. The first-order valence-corrected chi connectivity index (χ1v) is 7.40. The van der Waals surface area contributed by atoms with Crippen molar-refractivity contribution >= 4 is 5.91 Å². The molecule has 0 radical (unpaired) electrons. The largest absolute Gasteiger partial charge is 0.350 e. The van der Waals surface area contributed by atoms with E-state index in [9.17, 15) is 4.79 Å². The van der Waals surface area contributed by atoms with Crippen LogP contribution in [-0.4, -0.2) is 21.2 Å². The van der Waals surface area contributed by atoms with E-state index in [0.717, 1.165) is 36.2 Å². The lowest BCUT2D eigenvalue weighted by molar-refractivity contribution is -0.128. The Kier molecular flexibility index (Phi) is 4.18. The summed E-state index contributed by atoms with van der Waals surface area (Å²) in [5.41, 5.74) is 8.76. The van der Waals surface area contributed by atoms with Gasteiger partial charge in [0, 0.05) is 24.8 Å². The first kappa shape index (κ1) is 15.0. The van der Waals surface area contributed by atoms with Crippen molar-refractivity contribution < 1.29 is 4.79 Å². The molecular weight excluding hydrogens is 252 g/mol. The van der Waals surface area contributed by atoms with Gasteiger partial charge in [0.15, 0.2) is 0 Å². The van der Waals surface area contributed by atoms with Gasteiger partial charge in [0.2, 0.25) is 5.91 Å². The Hall–Kier alpha value is -1.36. The molecule has 5 heteroatoms. The maximum atomic E-state index is 12.4. The van der Waals surface area contributed by atoms with Gasteiger partial charge in [0.05, 0.1) is 11.2 Å². The highest BCUT2D eigenvalue weighted by Gasteiger charge is 2.37. The minimum absolute atomic E-state index is 0.0216. The van der Waals surface area contributed by atoms with Gasteiger partial charge in [-0.05, 0) is 32.6 Å². The van der Waals surface area contributed by atoms with Crippen LogP contribution >= 0.6 is 0 Å². The second-order valence-electron chi connectivity index (χ2n) is 6.31. The minimum atomic E-state index is -0.693. The van der Waals surface area contributed by atoms with Crippen molar-refractivity contribution in [3.8, 4) is 0 Å². The van der Waals surface area contributed by atoms with Crippen molar-refractivity contribution in [2.45, 2.75) is 58.5 Å². The van der Waals surface area contributed by atoms with E-state index in [4.69, 9.17) is 5.73 Å². The Balaban J connectivity index is 2.01. The molecule has 0 saturated heterocycles. The summed E-state index contributed by atoms with van der Waals surface area (Å²) in [6, 6.07) is 0. The van der Waals surface area contributed by atoms with E-state index in [1.54, 1.807) is 0 Å². The fourth-order valence-electron chi connectivity index (χ4n) is 3.22. The van der Waals surface area contributed by atoms with E-state index in [1.807, 2.05) is 25.6 Å². The van der Waals surface area contributed by atoms with Crippen LogP contribution in [0.4, 0.5) is 0 Å². The van der Waals surface area contributed by atoms with Crippen LogP contribution in [0.2, 0.25) is 0 Å². The van der Waals surface area contributed by atoms with Crippen molar-refractivity contribution in [1.82, 2.24) is 15.1 Å². The van der Waals surface area contributed by atoms with Gasteiger partial charge < -0.3 is 11.1 Å². The van der Waals surface area contributed by atoms with Gasteiger partial charge in [-0.15, -0.1) is 0 Å². The lowest BCUT2D eigenvalue weighted by Crippen LogP contribution is -2.56. The van der Waals surface area contributed by atoms with E-state index in [1.165, 1.54) is 6.42 Å². The topological polar surface area (TPSA) is 72.9 Å². The molecular formula is C15H26N4O. The number of nitrogens with one attached hydrogen (secondary N) is 1. The number of aryl methyl sites for hydroxylation is 2. The van der Waals surface area contributed by atoms with Crippen molar-refractivity contribution in [3.63, 3.8) is 0 Å². The zero-order valence-electron chi connectivity index (χ0n) is 13.0. The van der Waals surface area contributed by atoms with Gasteiger partial charge in [-0.2, -0.15) is 5.10 Å². The minimum Gasteiger partial charge on any atom is -0.350 e. The molecule has 0 spiro atoms. The normalized spacial score (nSPS) is 26.6. The maximum Gasteiger partial charge on any atom is 0.240 e. The van der Waals surface area contributed by atoms with E-state index in [-0.39, 0.29) is 5.91 Å². The highest BCUT2D eigenvalue weighted by Crippen LogP contribution is 2.30. The van der Waals surface area contributed by atoms with Crippen LogP contribution in [0.25, 0.3) is 0 Å². The highest BCUT2D eigenvalue weighted by atomic mass is 16.2. The molecule has 5 nitrogen and oxygen atoms in total.